The number of carbonyl (C=O) groups excluding carboxylic acids is 2. The standard InChI is InChI=1S/C22H28N2O2S/c1-5-17-10-12-18(13-11-17)16(4)24-22(26)19-8-6-7-9-20(19)27-14-21(25)23-15(2)3/h6-13,15-16H,5,14H2,1-4H3,(H,23,25)(H,24,26). The van der Waals surface area contributed by atoms with Crippen LogP contribution in [0.3, 0.4) is 0 Å². The lowest BCUT2D eigenvalue weighted by atomic mass is 10.0. The van der Waals surface area contributed by atoms with Gasteiger partial charge in [0.1, 0.15) is 0 Å². The Bertz CT molecular complexity index is 772. The first kappa shape index (κ1) is 21.0. The first-order valence-electron chi connectivity index (χ1n) is 9.31. The minimum absolute atomic E-state index is 0.0328. The maximum absolute atomic E-state index is 12.8. The molecule has 0 bridgehead atoms. The summed E-state index contributed by atoms with van der Waals surface area (Å²) in [5.74, 6) is 0.125. The van der Waals surface area contributed by atoms with E-state index in [0.717, 1.165) is 16.9 Å². The van der Waals surface area contributed by atoms with E-state index in [9.17, 15) is 9.59 Å². The fourth-order valence-electron chi connectivity index (χ4n) is 2.69. The van der Waals surface area contributed by atoms with Gasteiger partial charge in [-0.3, -0.25) is 9.59 Å². The van der Waals surface area contributed by atoms with Crippen LogP contribution in [-0.4, -0.2) is 23.6 Å². The van der Waals surface area contributed by atoms with Crippen LogP contribution in [0.2, 0.25) is 0 Å². The third-order valence-corrected chi connectivity index (χ3v) is 5.25. The molecule has 2 aromatic carbocycles. The Labute approximate surface area is 166 Å². The van der Waals surface area contributed by atoms with Gasteiger partial charge in [0.15, 0.2) is 0 Å². The molecular formula is C22H28N2O2S. The average Bonchev–Trinajstić information content (AvgIpc) is 2.66. The van der Waals surface area contributed by atoms with E-state index in [1.807, 2.05) is 39.0 Å². The van der Waals surface area contributed by atoms with Crippen LogP contribution in [0.25, 0.3) is 0 Å². The molecule has 0 aliphatic carbocycles. The van der Waals surface area contributed by atoms with Crippen LogP contribution >= 0.6 is 11.8 Å². The summed E-state index contributed by atoms with van der Waals surface area (Å²) in [6.45, 7) is 7.96. The fraction of sp³-hybridized carbons (Fsp3) is 0.364. The first-order chi connectivity index (χ1) is 12.9. The van der Waals surface area contributed by atoms with E-state index in [4.69, 9.17) is 0 Å². The van der Waals surface area contributed by atoms with Crippen molar-refractivity contribution in [2.75, 3.05) is 5.75 Å². The monoisotopic (exact) mass is 384 g/mol. The van der Waals surface area contributed by atoms with Gasteiger partial charge in [-0.2, -0.15) is 0 Å². The van der Waals surface area contributed by atoms with Gasteiger partial charge >= 0.3 is 0 Å². The summed E-state index contributed by atoms with van der Waals surface area (Å²) in [7, 11) is 0. The van der Waals surface area contributed by atoms with Crippen molar-refractivity contribution in [2.45, 2.75) is 51.1 Å². The van der Waals surface area contributed by atoms with Crippen LogP contribution in [0.4, 0.5) is 0 Å². The smallest absolute Gasteiger partial charge is 0.252 e. The number of aryl methyl sites for hydroxylation is 1. The number of hydrogen-bond donors (Lipinski definition) is 2. The molecule has 0 heterocycles. The van der Waals surface area contributed by atoms with Gasteiger partial charge in [-0.15, -0.1) is 11.8 Å². The van der Waals surface area contributed by atoms with Gasteiger partial charge in [0, 0.05) is 10.9 Å². The highest BCUT2D eigenvalue weighted by atomic mass is 32.2. The molecule has 0 saturated carbocycles. The highest BCUT2D eigenvalue weighted by molar-refractivity contribution is 8.00. The molecule has 0 fully saturated rings. The Morgan fingerprint density at radius 1 is 0.963 bits per heavy atom. The van der Waals surface area contributed by atoms with Crippen LogP contribution in [0, 0.1) is 0 Å². The summed E-state index contributed by atoms with van der Waals surface area (Å²) in [5.41, 5.74) is 2.94. The number of hydrogen-bond acceptors (Lipinski definition) is 3. The van der Waals surface area contributed by atoms with Crippen LogP contribution < -0.4 is 10.6 Å². The predicted octanol–water partition coefficient (Wildman–Crippen LogP) is 4.36. The summed E-state index contributed by atoms with van der Waals surface area (Å²) < 4.78 is 0. The molecule has 27 heavy (non-hydrogen) atoms. The molecule has 0 aliphatic heterocycles. The zero-order chi connectivity index (χ0) is 19.8. The molecule has 0 saturated heterocycles. The third-order valence-electron chi connectivity index (χ3n) is 4.18. The van der Waals surface area contributed by atoms with Gasteiger partial charge < -0.3 is 10.6 Å². The summed E-state index contributed by atoms with van der Waals surface area (Å²) in [6, 6.07) is 15.7. The lowest BCUT2D eigenvalue weighted by Crippen LogP contribution is -2.31. The SMILES string of the molecule is CCc1ccc(C(C)NC(=O)c2ccccc2SCC(=O)NC(C)C)cc1. The van der Waals surface area contributed by atoms with Crippen molar-refractivity contribution in [1.82, 2.24) is 10.6 Å². The number of thioether (sulfide) groups is 1. The second-order valence-electron chi connectivity index (χ2n) is 6.80. The molecular weight excluding hydrogens is 356 g/mol. The van der Waals surface area contributed by atoms with Crippen molar-refractivity contribution < 1.29 is 9.59 Å². The zero-order valence-electron chi connectivity index (χ0n) is 16.4. The number of amides is 2. The summed E-state index contributed by atoms with van der Waals surface area (Å²) in [6.07, 6.45) is 0.996. The van der Waals surface area contributed by atoms with Crippen molar-refractivity contribution in [3.8, 4) is 0 Å². The van der Waals surface area contributed by atoms with Crippen LogP contribution in [0.5, 0.6) is 0 Å². The normalized spacial score (nSPS) is 11.9. The van der Waals surface area contributed by atoms with E-state index < -0.39 is 0 Å². The van der Waals surface area contributed by atoms with Crippen LogP contribution in [0.1, 0.15) is 55.2 Å². The molecule has 2 N–H and O–H groups in total. The predicted molar refractivity (Wildman–Crippen MR) is 112 cm³/mol. The topological polar surface area (TPSA) is 58.2 Å². The highest BCUT2D eigenvalue weighted by Crippen LogP contribution is 2.23. The van der Waals surface area contributed by atoms with E-state index >= 15 is 0 Å². The third kappa shape index (κ3) is 6.43. The molecule has 1 atom stereocenters. The molecule has 0 spiro atoms. The van der Waals surface area contributed by atoms with Gasteiger partial charge in [-0.1, -0.05) is 43.3 Å². The van der Waals surface area contributed by atoms with Crippen molar-refractivity contribution in [3.05, 3.63) is 65.2 Å². The molecule has 0 radical (unpaired) electrons. The average molecular weight is 385 g/mol. The van der Waals surface area contributed by atoms with Gasteiger partial charge in [0.25, 0.3) is 5.91 Å². The number of carbonyl (C=O) groups is 2. The van der Waals surface area contributed by atoms with Gasteiger partial charge in [-0.25, -0.2) is 0 Å². The molecule has 5 heteroatoms. The maximum atomic E-state index is 12.8. The fourth-order valence-corrected chi connectivity index (χ4v) is 3.55. The second-order valence-corrected chi connectivity index (χ2v) is 7.81. The van der Waals surface area contributed by atoms with Gasteiger partial charge in [0.2, 0.25) is 5.91 Å². The molecule has 144 valence electrons. The molecule has 0 aromatic heterocycles. The summed E-state index contributed by atoms with van der Waals surface area (Å²) >= 11 is 1.38. The van der Waals surface area contributed by atoms with Gasteiger partial charge in [0.05, 0.1) is 17.4 Å². The Balaban J connectivity index is 2.03. The lowest BCUT2D eigenvalue weighted by molar-refractivity contribution is -0.119. The summed E-state index contributed by atoms with van der Waals surface area (Å²) in [4.78, 5) is 25.5. The Kier molecular flexibility index (Phi) is 7.92. The lowest BCUT2D eigenvalue weighted by Gasteiger charge is -2.16. The van der Waals surface area contributed by atoms with E-state index in [-0.39, 0.29) is 29.7 Å². The summed E-state index contributed by atoms with van der Waals surface area (Å²) in [5, 5.41) is 5.92. The minimum Gasteiger partial charge on any atom is -0.353 e. The maximum Gasteiger partial charge on any atom is 0.252 e. The molecule has 2 rings (SSSR count). The Morgan fingerprint density at radius 3 is 2.26 bits per heavy atom. The van der Waals surface area contributed by atoms with Crippen LogP contribution in [-0.2, 0) is 11.2 Å². The zero-order valence-corrected chi connectivity index (χ0v) is 17.2. The van der Waals surface area contributed by atoms with E-state index in [1.54, 1.807) is 6.07 Å². The largest absolute Gasteiger partial charge is 0.353 e. The van der Waals surface area contributed by atoms with E-state index in [0.29, 0.717) is 5.56 Å². The number of benzene rings is 2. The molecule has 4 nitrogen and oxygen atoms in total. The number of rotatable bonds is 8. The first-order valence-corrected chi connectivity index (χ1v) is 10.3. The van der Waals surface area contributed by atoms with Crippen molar-refractivity contribution in [1.29, 1.82) is 0 Å². The van der Waals surface area contributed by atoms with Crippen molar-refractivity contribution in [2.24, 2.45) is 0 Å². The van der Waals surface area contributed by atoms with Crippen molar-refractivity contribution >= 4 is 23.6 Å². The second kappa shape index (κ2) is 10.2. The minimum atomic E-state index is -0.130. The quantitative estimate of drug-likeness (QED) is 0.665. The Hall–Kier alpha value is -2.27. The van der Waals surface area contributed by atoms with Gasteiger partial charge in [-0.05, 0) is 50.5 Å². The van der Waals surface area contributed by atoms with E-state index in [2.05, 4.69) is 41.8 Å². The molecule has 2 aromatic rings. The number of nitrogens with one attached hydrogen (secondary N) is 2. The Morgan fingerprint density at radius 2 is 1.63 bits per heavy atom. The highest BCUT2D eigenvalue weighted by Gasteiger charge is 2.16. The molecule has 2 amide bonds. The van der Waals surface area contributed by atoms with Crippen molar-refractivity contribution in [3.63, 3.8) is 0 Å². The van der Waals surface area contributed by atoms with Crippen LogP contribution in [0.15, 0.2) is 53.4 Å². The van der Waals surface area contributed by atoms with E-state index in [1.165, 1.54) is 17.3 Å². The molecule has 1 unspecified atom stereocenters. The molecule has 0 aliphatic rings.